The Morgan fingerprint density at radius 2 is 1.91 bits per heavy atom. The standard InChI is InChI=1S/C17H13ClN4O/c1-21(13-6-3-11(18)4-7-13)15-9-16(23)22(2)14-8-5-12(10-19)20-17(14)15/h3-9H,1-2H3. The zero-order chi connectivity index (χ0) is 16.6. The Morgan fingerprint density at radius 3 is 2.57 bits per heavy atom. The van der Waals surface area contributed by atoms with Gasteiger partial charge in [0.1, 0.15) is 17.3 Å². The number of nitriles is 1. The van der Waals surface area contributed by atoms with Crippen molar-refractivity contribution in [1.82, 2.24) is 9.55 Å². The van der Waals surface area contributed by atoms with Crippen molar-refractivity contribution in [3.63, 3.8) is 0 Å². The van der Waals surface area contributed by atoms with Gasteiger partial charge in [-0.2, -0.15) is 5.26 Å². The molecule has 5 nitrogen and oxygen atoms in total. The van der Waals surface area contributed by atoms with Crippen LogP contribution in [0.25, 0.3) is 11.0 Å². The molecule has 2 heterocycles. The van der Waals surface area contributed by atoms with Crippen molar-refractivity contribution in [3.05, 3.63) is 63.5 Å². The average Bonchev–Trinajstić information content (AvgIpc) is 2.57. The second-order valence-corrected chi connectivity index (χ2v) is 5.57. The summed E-state index contributed by atoms with van der Waals surface area (Å²) in [5.74, 6) is 0. The number of fused-ring (bicyclic) bond motifs is 1. The van der Waals surface area contributed by atoms with Crippen LogP contribution in [0.15, 0.2) is 47.3 Å². The lowest BCUT2D eigenvalue weighted by Gasteiger charge is -2.21. The smallest absolute Gasteiger partial charge is 0.252 e. The summed E-state index contributed by atoms with van der Waals surface area (Å²) in [5.41, 5.74) is 2.95. The molecule has 0 amide bonds. The fourth-order valence-corrected chi connectivity index (χ4v) is 2.56. The van der Waals surface area contributed by atoms with Gasteiger partial charge < -0.3 is 9.47 Å². The van der Waals surface area contributed by atoms with E-state index in [4.69, 9.17) is 16.9 Å². The molecule has 0 atom stereocenters. The Bertz CT molecular complexity index is 986. The highest BCUT2D eigenvalue weighted by molar-refractivity contribution is 6.30. The molecule has 0 saturated heterocycles. The summed E-state index contributed by atoms with van der Waals surface area (Å²) in [7, 11) is 3.53. The minimum atomic E-state index is -0.139. The van der Waals surface area contributed by atoms with E-state index in [0.29, 0.717) is 27.4 Å². The Balaban J connectivity index is 2.27. The van der Waals surface area contributed by atoms with Crippen LogP contribution in [0.2, 0.25) is 5.02 Å². The number of anilines is 2. The highest BCUT2D eigenvalue weighted by atomic mass is 35.5. The Labute approximate surface area is 138 Å². The predicted molar refractivity (Wildman–Crippen MR) is 91.2 cm³/mol. The summed E-state index contributed by atoms with van der Waals surface area (Å²) in [6, 6.07) is 14.2. The minimum absolute atomic E-state index is 0.139. The molecule has 23 heavy (non-hydrogen) atoms. The summed E-state index contributed by atoms with van der Waals surface area (Å²) in [5, 5.41) is 9.73. The molecule has 6 heteroatoms. The molecule has 2 aromatic heterocycles. The number of hydrogen-bond donors (Lipinski definition) is 0. The Hall–Kier alpha value is -2.84. The van der Waals surface area contributed by atoms with E-state index in [9.17, 15) is 4.79 Å². The Kier molecular flexibility index (Phi) is 3.77. The number of rotatable bonds is 2. The number of pyridine rings is 2. The van der Waals surface area contributed by atoms with Crippen LogP contribution in [0, 0.1) is 11.3 Å². The van der Waals surface area contributed by atoms with Crippen LogP contribution in [0.4, 0.5) is 11.4 Å². The third kappa shape index (κ3) is 2.65. The van der Waals surface area contributed by atoms with Crippen molar-refractivity contribution in [2.45, 2.75) is 0 Å². The Morgan fingerprint density at radius 1 is 1.22 bits per heavy atom. The first-order chi connectivity index (χ1) is 11.0. The lowest BCUT2D eigenvalue weighted by atomic mass is 10.2. The second kappa shape index (κ2) is 5.75. The second-order valence-electron chi connectivity index (χ2n) is 5.14. The zero-order valence-electron chi connectivity index (χ0n) is 12.6. The molecule has 0 bridgehead atoms. The largest absolute Gasteiger partial charge is 0.343 e. The maximum atomic E-state index is 12.2. The first kappa shape index (κ1) is 15.1. The lowest BCUT2D eigenvalue weighted by molar-refractivity contribution is 0.901. The van der Waals surface area contributed by atoms with Crippen LogP contribution in [0.1, 0.15) is 5.69 Å². The summed E-state index contributed by atoms with van der Waals surface area (Å²) < 4.78 is 1.52. The maximum Gasteiger partial charge on any atom is 0.252 e. The summed E-state index contributed by atoms with van der Waals surface area (Å²) >= 11 is 5.92. The van der Waals surface area contributed by atoms with E-state index in [1.165, 1.54) is 10.6 Å². The normalized spacial score (nSPS) is 10.5. The average molecular weight is 325 g/mol. The maximum absolute atomic E-state index is 12.2. The number of benzene rings is 1. The molecular weight excluding hydrogens is 312 g/mol. The third-order valence-corrected chi connectivity index (χ3v) is 4.01. The van der Waals surface area contributed by atoms with Gasteiger partial charge in [-0.15, -0.1) is 0 Å². The van der Waals surface area contributed by atoms with Crippen molar-refractivity contribution in [2.24, 2.45) is 7.05 Å². The van der Waals surface area contributed by atoms with E-state index in [1.807, 2.05) is 30.1 Å². The van der Waals surface area contributed by atoms with Crippen LogP contribution in [-0.4, -0.2) is 16.6 Å². The van der Waals surface area contributed by atoms with E-state index < -0.39 is 0 Å². The van der Waals surface area contributed by atoms with Crippen LogP contribution in [-0.2, 0) is 7.05 Å². The molecule has 0 aliphatic heterocycles. The number of hydrogen-bond acceptors (Lipinski definition) is 4. The van der Waals surface area contributed by atoms with Crippen LogP contribution in [0.3, 0.4) is 0 Å². The monoisotopic (exact) mass is 324 g/mol. The molecule has 0 fully saturated rings. The van der Waals surface area contributed by atoms with Gasteiger partial charge in [-0.1, -0.05) is 11.6 Å². The minimum Gasteiger partial charge on any atom is -0.343 e. The van der Waals surface area contributed by atoms with Crippen molar-refractivity contribution in [1.29, 1.82) is 5.26 Å². The molecule has 0 aliphatic carbocycles. The molecular formula is C17H13ClN4O. The molecule has 0 unspecified atom stereocenters. The molecule has 0 spiro atoms. The van der Waals surface area contributed by atoms with E-state index in [0.717, 1.165) is 5.69 Å². The van der Waals surface area contributed by atoms with E-state index >= 15 is 0 Å². The number of halogens is 1. The number of aryl methyl sites for hydroxylation is 1. The van der Waals surface area contributed by atoms with Crippen molar-refractivity contribution in [2.75, 3.05) is 11.9 Å². The first-order valence-electron chi connectivity index (χ1n) is 6.91. The van der Waals surface area contributed by atoms with Crippen molar-refractivity contribution < 1.29 is 0 Å². The van der Waals surface area contributed by atoms with Crippen LogP contribution < -0.4 is 10.5 Å². The van der Waals surface area contributed by atoms with Crippen molar-refractivity contribution in [3.8, 4) is 6.07 Å². The molecule has 114 valence electrons. The van der Waals surface area contributed by atoms with Crippen LogP contribution >= 0.6 is 11.6 Å². The van der Waals surface area contributed by atoms with E-state index in [1.54, 1.807) is 31.3 Å². The molecule has 0 saturated carbocycles. The SMILES string of the molecule is CN(c1ccc(Cl)cc1)c1cc(=O)n(C)c2ccc(C#N)nc12. The van der Waals surface area contributed by atoms with E-state index in [2.05, 4.69) is 4.98 Å². The fourth-order valence-electron chi connectivity index (χ4n) is 2.43. The van der Waals surface area contributed by atoms with Gasteiger partial charge in [0.05, 0.1) is 11.2 Å². The van der Waals surface area contributed by atoms with Gasteiger partial charge >= 0.3 is 0 Å². The summed E-state index contributed by atoms with van der Waals surface area (Å²) in [6.45, 7) is 0. The zero-order valence-corrected chi connectivity index (χ0v) is 13.4. The highest BCUT2D eigenvalue weighted by Crippen LogP contribution is 2.29. The molecule has 0 aliphatic rings. The van der Waals surface area contributed by atoms with E-state index in [-0.39, 0.29) is 5.56 Å². The quantitative estimate of drug-likeness (QED) is 0.726. The van der Waals surface area contributed by atoms with Gasteiger partial charge in [-0.05, 0) is 36.4 Å². The van der Waals surface area contributed by atoms with Gasteiger partial charge in [0.25, 0.3) is 5.56 Å². The molecule has 1 aromatic carbocycles. The molecule has 3 aromatic rings. The molecule has 3 rings (SSSR count). The molecule has 0 radical (unpaired) electrons. The lowest BCUT2D eigenvalue weighted by Crippen LogP contribution is -2.20. The van der Waals surface area contributed by atoms with Gasteiger partial charge in [0.15, 0.2) is 0 Å². The summed E-state index contributed by atoms with van der Waals surface area (Å²) in [6.07, 6.45) is 0. The first-order valence-corrected chi connectivity index (χ1v) is 7.29. The summed E-state index contributed by atoms with van der Waals surface area (Å²) in [4.78, 5) is 18.4. The van der Waals surface area contributed by atoms with Gasteiger partial charge in [-0.3, -0.25) is 4.79 Å². The van der Waals surface area contributed by atoms with Gasteiger partial charge in [-0.25, -0.2) is 4.98 Å². The highest BCUT2D eigenvalue weighted by Gasteiger charge is 2.14. The van der Waals surface area contributed by atoms with Crippen molar-refractivity contribution >= 4 is 34.0 Å². The predicted octanol–water partition coefficient (Wildman–Crippen LogP) is 3.23. The van der Waals surface area contributed by atoms with Crippen LogP contribution in [0.5, 0.6) is 0 Å². The van der Waals surface area contributed by atoms with Gasteiger partial charge in [0, 0.05) is 30.9 Å². The number of aromatic nitrogens is 2. The third-order valence-electron chi connectivity index (χ3n) is 3.76. The number of nitrogens with zero attached hydrogens (tertiary/aromatic N) is 4. The van der Waals surface area contributed by atoms with Gasteiger partial charge in [0.2, 0.25) is 0 Å². The topological polar surface area (TPSA) is 61.9 Å². The molecule has 0 N–H and O–H groups in total. The fraction of sp³-hybridized carbons (Fsp3) is 0.118.